The SMILES string of the molecule is CN(C)CCn1cc(NC(=O)c2ccccc2Br)cn1. The van der Waals surface area contributed by atoms with Crippen LogP contribution in [-0.2, 0) is 6.54 Å². The fourth-order valence-corrected chi connectivity index (χ4v) is 2.16. The largest absolute Gasteiger partial charge is 0.319 e. The molecular weight excluding hydrogens is 320 g/mol. The van der Waals surface area contributed by atoms with Crippen LogP contribution in [-0.4, -0.2) is 41.2 Å². The molecule has 0 unspecified atom stereocenters. The van der Waals surface area contributed by atoms with Crippen molar-refractivity contribution in [1.82, 2.24) is 14.7 Å². The van der Waals surface area contributed by atoms with Crippen LogP contribution in [0.25, 0.3) is 0 Å². The first-order valence-corrected chi connectivity index (χ1v) is 7.08. The van der Waals surface area contributed by atoms with E-state index in [9.17, 15) is 4.79 Å². The summed E-state index contributed by atoms with van der Waals surface area (Å²) in [4.78, 5) is 14.2. The van der Waals surface area contributed by atoms with Gasteiger partial charge in [-0.25, -0.2) is 0 Å². The molecule has 1 N–H and O–H groups in total. The molecule has 5 nitrogen and oxygen atoms in total. The van der Waals surface area contributed by atoms with E-state index in [2.05, 4.69) is 31.2 Å². The first kappa shape index (κ1) is 14.7. The maximum atomic E-state index is 12.1. The lowest BCUT2D eigenvalue weighted by atomic mass is 10.2. The molecule has 1 aromatic heterocycles. The Morgan fingerprint density at radius 1 is 1.40 bits per heavy atom. The number of benzene rings is 1. The number of hydrogen-bond donors (Lipinski definition) is 1. The van der Waals surface area contributed by atoms with Gasteiger partial charge in [-0.3, -0.25) is 9.48 Å². The number of rotatable bonds is 5. The highest BCUT2D eigenvalue weighted by atomic mass is 79.9. The zero-order chi connectivity index (χ0) is 14.5. The zero-order valence-electron chi connectivity index (χ0n) is 11.5. The van der Waals surface area contributed by atoms with Crippen LogP contribution in [0.15, 0.2) is 41.1 Å². The van der Waals surface area contributed by atoms with Gasteiger partial charge in [0.15, 0.2) is 0 Å². The number of hydrogen-bond acceptors (Lipinski definition) is 3. The van der Waals surface area contributed by atoms with E-state index >= 15 is 0 Å². The van der Waals surface area contributed by atoms with Gasteiger partial charge in [0, 0.05) is 17.2 Å². The normalized spacial score (nSPS) is 10.8. The molecule has 0 saturated carbocycles. The van der Waals surface area contributed by atoms with Crippen LogP contribution >= 0.6 is 15.9 Å². The fraction of sp³-hybridized carbons (Fsp3) is 0.286. The van der Waals surface area contributed by atoms with Gasteiger partial charge >= 0.3 is 0 Å². The Morgan fingerprint density at radius 3 is 2.85 bits per heavy atom. The molecule has 20 heavy (non-hydrogen) atoms. The molecule has 0 spiro atoms. The molecule has 0 bridgehead atoms. The van der Waals surface area contributed by atoms with Gasteiger partial charge in [0.25, 0.3) is 5.91 Å². The van der Waals surface area contributed by atoms with Crippen molar-refractivity contribution in [1.29, 1.82) is 0 Å². The van der Waals surface area contributed by atoms with Crippen LogP contribution in [0.1, 0.15) is 10.4 Å². The van der Waals surface area contributed by atoms with Gasteiger partial charge < -0.3 is 10.2 Å². The van der Waals surface area contributed by atoms with Crippen LogP contribution in [0, 0.1) is 0 Å². The summed E-state index contributed by atoms with van der Waals surface area (Å²) < 4.78 is 2.59. The van der Waals surface area contributed by atoms with Gasteiger partial charge in [0.1, 0.15) is 0 Å². The molecule has 1 aromatic carbocycles. The van der Waals surface area contributed by atoms with E-state index in [1.807, 2.05) is 43.2 Å². The van der Waals surface area contributed by atoms with E-state index in [0.717, 1.165) is 17.6 Å². The molecule has 0 aliphatic carbocycles. The predicted molar refractivity (Wildman–Crippen MR) is 82.9 cm³/mol. The molecule has 0 saturated heterocycles. The second kappa shape index (κ2) is 6.67. The molecule has 1 amide bonds. The molecule has 0 aliphatic rings. The number of nitrogens with one attached hydrogen (secondary N) is 1. The Morgan fingerprint density at radius 2 is 2.15 bits per heavy atom. The molecule has 0 radical (unpaired) electrons. The van der Waals surface area contributed by atoms with Crippen LogP contribution in [0.4, 0.5) is 5.69 Å². The summed E-state index contributed by atoms with van der Waals surface area (Å²) in [5.74, 6) is -0.148. The van der Waals surface area contributed by atoms with E-state index < -0.39 is 0 Å². The van der Waals surface area contributed by atoms with Gasteiger partial charge in [-0.2, -0.15) is 5.10 Å². The summed E-state index contributed by atoms with van der Waals surface area (Å²) in [6.45, 7) is 1.69. The Labute approximate surface area is 126 Å². The summed E-state index contributed by atoms with van der Waals surface area (Å²) >= 11 is 3.37. The molecule has 106 valence electrons. The van der Waals surface area contributed by atoms with Gasteiger partial charge in [-0.1, -0.05) is 12.1 Å². The zero-order valence-corrected chi connectivity index (χ0v) is 13.1. The molecule has 0 atom stereocenters. The third-order valence-electron chi connectivity index (χ3n) is 2.79. The standard InChI is InChI=1S/C14H17BrN4O/c1-18(2)7-8-19-10-11(9-16-19)17-14(20)12-5-3-4-6-13(12)15/h3-6,9-10H,7-8H2,1-2H3,(H,17,20). The van der Waals surface area contributed by atoms with Crippen molar-refractivity contribution >= 4 is 27.5 Å². The quantitative estimate of drug-likeness (QED) is 0.912. The minimum absolute atomic E-state index is 0.148. The Kier molecular flexibility index (Phi) is 4.92. The predicted octanol–water partition coefficient (Wildman–Crippen LogP) is 2.46. The van der Waals surface area contributed by atoms with E-state index in [1.165, 1.54) is 0 Å². The number of anilines is 1. The lowest BCUT2D eigenvalue weighted by Gasteiger charge is -2.08. The highest BCUT2D eigenvalue weighted by Gasteiger charge is 2.10. The number of aromatic nitrogens is 2. The first-order valence-electron chi connectivity index (χ1n) is 6.29. The summed E-state index contributed by atoms with van der Waals surface area (Å²) in [5, 5.41) is 7.06. The number of carbonyl (C=O) groups is 1. The van der Waals surface area contributed by atoms with Crippen molar-refractivity contribution in [3.05, 3.63) is 46.7 Å². The minimum atomic E-state index is -0.148. The smallest absolute Gasteiger partial charge is 0.256 e. The molecule has 1 heterocycles. The fourth-order valence-electron chi connectivity index (χ4n) is 1.70. The van der Waals surface area contributed by atoms with Crippen molar-refractivity contribution < 1.29 is 4.79 Å². The average molecular weight is 337 g/mol. The maximum Gasteiger partial charge on any atom is 0.256 e. The number of halogens is 1. The summed E-state index contributed by atoms with van der Waals surface area (Å²) in [6.07, 6.45) is 3.49. The highest BCUT2D eigenvalue weighted by molar-refractivity contribution is 9.10. The Balaban J connectivity index is 2.00. The van der Waals surface area contributed by atoms with E-state index in [1.54, 1.807) is 12.3 Å². The second-order valence-corrected chi connectivity index (χ2v) is 5.58. The van der Waals surface area contributed by atoms with Crippen molar-refractivity contribution in [3.8, 4) is 0 Å². The van der Waals surface area contributed by atoms with Gasteiger partial charge in [-0.15, -0.1) is 0 Å². The van der Waals surface area contributed by atoms with E-state index in [-0.39, 0.29) is 5.91 Å². The maximum absolute atomic E-state index is 12.1. The molecular formula is C14H17BrN4O. The van der Waals surface area contributed by atoms with Crippen LogP contribution < -0.4 is 5.32 Å². The molecule has 0 fully saturated rings. The van der Waals surface area contributed by atoms with Crippen molar-refractivity contribution in [2.75, 3.05) is 26.0 Å². The van der Waals surface area contributed by atoms with Crippen molar-refractivity contribution in [2.45, 2.75) is 6.54 Å². The Hall–Kier alpha value is -1.66. The van der Waals surface area contributed by atoms with Gasteiger partial charge in [0.2, 0.25) is 0 Å². The van der Waals surface area contributed by atoms with Crippen LogP contribution in [0.5, 0.6) is 0 Å². The third-order valence-corrected chi connectivity index (χ3v) is 3.48. The van der Waals surface area contributed by atoms with Crippen LogP contribution in [0.3, 0.4) is 0 Å². The van der Waals surface area contributed by atoms with E-state index in [0.29, 0.717) is 11.3 Å². The number of carbonyl (C=O) groups excluding carboxylic acids is 1. The molecule has 6 heteroatoms. The minimum Gasteiger partial charge on any atom is -0.319 e. The van der Waals surface area contributed by atoms with E-state index in [4.69, 9.17) is 0 Å². The van der Waals surface area contributed by atoms with Gasteiger partial charge in [0.05, 0.1) is 24.0 Å². The topological polar surface area (TPSA) is 50.2 Å². The molecule has 2 rings (SSSR count). The van der Waals surface area contributed by atoms with Crippen LogP contribution in [0.2, 0.25) is 0 Å². The Bertz CT molecular complexity index is 594. The third kappa shape index (κ3) is 3.91. The summed E-state index contributed by atoms with van der Waals surface area (Å²) in [6, 6.07) is 7.33. The van der Waals surface area contributed by atoms with Gasteiger partial charge in [-0.05, 0) is 42.2 Å². The number of nitrogens with zero attached hydrogens (tertiary/aromatic N) is 3. The number of amides is 1. The molecule has 0 aliphatic heterocycles. The number of likely N-dealkylation sites (N-methyl/N-ethyl adjacent to an activating group) is 1. The lowest BCUT2D eigenvalue weighted by molar-refractivity contribution is 0.102. The molecule has 2 aromatic rings. The first-order chi connectivity index (χ1) is 9.56. The summed E-state index contributed by atoms with van der Waals surface area (Å²) in [7, 11) is 4.03. The summed E-state index contributed by atoms with van der Waals surface area (Å²) in [5.41, 5.74) is 1.30. The second-order valence-electron chi connectivity index (χ2n) is 4.73. The van der Waals surface area contributed by atoms with Crippen molar-refractivity contribution in [3.63, 3.8) is 0 Å². The lowest BCUT2D eigenvalue weighted by Crippen LogP contribution is -2.18. The average Bonchev–Trinajstić information content (AvgIpc) is 2.84. The van der Waals surface area contributed by atoms with Crippen molar-refractivity contribution in [2.24, 2.45) is 0 Å². The highest BCUT2D eigenvalue weighted by Crippen LogP contribution is 2.17. The monoisotopic (exact) mass is 336 g/mol.